The number of rotatable bonds is 5. The molecule has 2 aromatic carbocycles. The van der Waals surface area contributed by atoms with Crippen LogP contribution in [0.4, 0.5) is 10.1 Å². The normalized spacial score (nSPS) is 10.6. The minimum absolute atomic E-state index is 0.159. The van der Waals surface area contributed by atoms with Gasteiger partial charge >= 0.3 is 0 Å². The maximum atomic E-state index is 13.4. The van der Waals surface area contributed by atoms with Gasteiger partial charge in [-0.2, -0.15) is 0 Å². The summed E-state index contributed by atoms with van der Waals surface area (Å²) in [6.07, 6.45) is 0. The van der Waals surface area contributed by atoms with Crippen molar-refractivity contribution in [2.75, 3.05) is 17.2 Å². The summed E-state index contributed by atoms with van der Waals surface area (Å²) in [4.78, 5) is 1.77. The highest BCUT2D eigenvalue weighted by Crippen LogP contribution is 2.28. The highest BCUT2D eigenvalue weighted by molar-refractivity contribution is 8.03. The van der Waals surface area contributed by atoms with Gasteiger partial charge in [0.05, 0.1) is 10.7 Å². The Bertz CT molecular complexity index is 563. The lowest BCUT2D eigenvalue weighted by molar-refractivity contribution is 0.602. The molecule has 5 heteroatoms. The summed E-state index contributed by atoms with van der Waals surface area (Å²) >= 11 is 9.16. The largest absolute Gasteiger partial charge is 0.398 e. The van der Waals surface area contributed by atoms with Crippen LogP contribution < -0.4 is 5.73 Å². The van der Waals surface area contributed by atoms with Gasteiger partial charge in [0.25, 0.3) is 0 Å². The van der Waals surface area contributed by atoms with Crippen molar-refractivity contribution in [3.8, 4) is 0 Å². The van der Waals surface area contributed by atoms with Crippen LogP contribution in [0.5, 0.6) is 0 Å². The summed E-state index contributed by atoms with van der Waals surface area (Å²) in [6, 6.07) is 12.4. The fraction of sp³-hybridized carbons (Fsp3) is 0.143. The first kappa shape index (κ1) is 14.6. The van der Waals surface area contributed by atoms with Crippen molar-refractivity contribution in [3.63, 3.8) is 0 Å². The summed E-state index contributed by atoms with van der Waals surface area (Å²) in [7, 11) is 0. The van der Waals surface area contributed by atoms with E-state index in [1.165, 1.54) is 17.8 Å². The molecule has 0 aliphatic rings. The monoisotopic (exact) mass is 313 g/mol. The van der Waals surface area contributed by atoms with E-state index >= 15 is 0 Å². The quantitative estimate of drug-likeness (QED) is 0.481. The molecule has 0 atom stereocenters. The Kier molecular flexibility index (Phi) is 5.43. The predicted molar refractivity (Wildman–Crippen MR) is 83.7 cm³/mol. The third kappa shape index (κ3) is 4.34. The van der Waals surface area contributed by atoms with Crippen LogP contribution in [0.2, 0.25) is 5.02 Å². The van der Waals surface area contributed by atoms with Crippen LogP contribution in [0, 0.1) is 5.82 Å². The number of benzene rings is 2. The topological polar surface area (TPSA) is 26.0 Å². The average molecular weight is 314 g/mol. The first-order chi connectivity index (χ1) is 9.16. The second-order valence-corrected chi connectivity index (χ2v) is 6.52. The van der Waals surface area contributed by atoms with Gasteiger partial charge in [-0.25, -0.2) is 4.39 Å². The molecule has 2 N–H and O–H groups in total. The molecule has 19 heavy (non-hydrogen) atoms. The smallest absolute Gasteiger partial charge is 0.136 e. The second kappa shape index (κ2) is 7.08. The van der Waals surface area contributed by atoms with Gasteiger partial charge in [-0.05, 0) is 30.3 Å². The zero-order valence-electron chi connectivity index (χ0n) is 10.1. The molecule has 0 fully saturated rings. The van der Waals surface area contributed by atoms with Crippen LogP contribution in [-0.4, -0.2) is 11.5 Å². The van der Waals surface area contributed by atoms with Gasteiger partial charge in [0, 0.05) is 21.3 Å². The fourth-order valence-corrected chi connectivity index (χ4v) is 3.58. The van der Waals surface area contributed by atoms with Crippen LogP contribution in [0.1, 0.15) is 0 Å². The summed E-state index contributed by atoms with van der Waals surface area (Å²) in [5.74, 6) is 1.57. The zero-order valence-corrected chi connectivity index (χ0v) is 12.5. The molecule has 0 spiro atoms. The SMILES string of the molecule is Nc1ccc(SCCSc2ccccc2F)cc1Cl. The number of halogens is 2. The molecular weight excluding hydrogens is 301 g/mol. The lowest BCUT2D eigenvalue weighted by atomic mass is 10.3. The molecule has 0 saturated carbocycles. The van der Waals surface area contributed by atoms with Crippen molar-refractivity contribution in [1.29, 1.82) is 0 Å². The molecule has 2 aromatic rings. The zero-order chi connectivity index (χ0) is 13.7. The Morgan fingerprint density at radius 1 is 1.05 bits per heavy atom. The maximum absolute atomic E-state index is 13.4. The number of hydrogen-bond acceptors (Lipinski definition) is 3. The van der Waals surface area contributed by atoms with E-state index in [0.717, 1.165) is 16.4 Å². The molecule has 0 aliphatic carbocycles. The molecule has 100 valence electrons. The number of thioether (sulfide) groups is 2. The number of anilines is 1. The highest BCUT2D eigenvalue weighted by Gasteiger charge is 2.02. The van der Waals surface area contributed by atoms with Crippen LogP contribution in [0.15, 0.2) is 52.3 Å². The van der Waals surface area contributed by atoms with Crippen LogP contribution in [-0.2, 0) is 0 Å². The highest BCUT2D eigenvalue weighted by atomic mass is 35.5. The van der Waals surface area contributed by atoms with Crippen molar-refractivity contribution in [1.82, 2.24) is 0 Å². The molecule has 0 saturated heterocycles. The van der Waals surface area contributed by atoms with E-state index in [2.05, 4.69) is 0 Å². The Labute approximate surface area is 125 Å². The van der Waals surface area contributed by atoms with Gasteiger partial charge in [-0.1, -0.05) is 23.7 Å². The Balaban J connectivity index is 1.81. The minimum atomic E-state index is -0.159. The third-order valence-electron chi connectivity index (χ3n) is 2.42. The molecule has 0 heterocycles. The molecule has 0 unspecified atom stereocenters. The second-order valence-electron chi connectivity index (χ2n) is 3.81. The van der Waals surface area contributed by atoms with Crippen molar-refractivity contribution >= 4 is 40.8 Å². The Hall–Kier alpha value is -0.840. The van der Waals surface area contributed by atoms with Crippen molar-refractivity contribution in [2.24, 2.45) is 0 Å². The Morgan fingerprint density at radius 2 is 1.79 bits per heavy atom. The molecule has 0 bridgehead atoms. The summed E-state index contributed by atoms with van der Waals surface area (Å²) in [5.41, 5.74) is 6.24. The predicted octanol–water partition coefficient (Wildman–Crippen LogP) is 4.95. The lowest BCUT2D eigenvalue weighted by Crippen LogP contribution is -1.88. The van der Waals surface area contributed by atoms with Gasteiger partial charge in [0.2, 0.25) is 0 Å². The van der Waals surface area contributed by atoms with Crippen LogP contribution >= 0.6 is 35.1 Å². The van der Waals surface area contributed by atoms with Gasteiger partial charge in [0.15, 0.2) is 0 Å². The molecule has 0 aromatic heterocycles. The van der Waals surface area contributed by atoms with Gasteiger partial charge < -0.3 is 5.73 Å². The van der Waals surface area contributed by atoms with Crippen molar-refractivity contribution in [2.45, 2.75) is 9.79 Å². The molecule has 0 radical (unpaired) electrons. The minimum Gasteiger partial charge on any atom is -0.398 e. The van der Waals surface area contributed by atoms with Crippen molar-refractivity contribution < 1.29 is 4.39 Å². The fourth-order valence-electron chi connectivity index (χ4n) is 1.47. The number of nitrogen functional groups attached to an aromatic ring is 1. The maximum Gasteiger partial charge on any atom is 0.136 e. The molecule has 0 aliphatic heterocycles. The van der Waals surface area contributed by atoms with E-state index in [9.17, 15) is 4.39 Å². The third-order valence-corrected chi connectivity index (χ3v) is 5.05. The van der Waals surface area contributed by atoms with E-state index in [0.29, 0.717) is 15.6 Å². The standard InChI is InChI=1S/C14H13ClFNS2/c15-11-9-10(5-6-13(11)17)18-7-8-19-14-4-2-1-3-12(14)16/h1-6,9H,7-8,17H2. The summed E-state index contributed by atoms with van der Waals surface area (Å²) in [5, 5.41) is 0.576. The molecule has 0 amide bonds. The lowest BCUT2D eigenvalue weighted by Gasteiger charge is -2.05. The van der Waals surface area contributed by atoms with Crippen LogP contribution in [0.25, 0.3) is 0 Å². The van der Waals surface area contributed by atoms with Gasteiger partial charge in [-0.3, -0.25) is 0 Å². The number of nitrogens with two attached hydrogens (primary N) is 1. The summed E-state index contributed by atoms with van der Waals surface area (Å²) < 4.78 is 13.4. The van der Waals surface area contributed by atoms with Gasteiger partial charge in [0.1, 0.15) is 5.82 Å². The van der Waals surface area contributed by atoms with Crippen molar-refractivity contribution in [3.05, 3.63) is 53.3 Å². The van der Waals surface area contributed by atoms with Gasteiger partial charge in [-0.15, -0.1) is 23.5 Å². The van der Waals surface area contributed by atoms with E-state index < -0.39 is 0 Å². The van der Waals surface area contributed by atoms with E-state index in [1.54, 1.807) is 30.0 Å². The van der Waals surface area contributed by atoms with E-state index in [-0.39, 0.29) is 5.82 Å². The summed E-state index contributed by atoms with van der Waals surface area (Å²) in [6.45, 7) is 0. The first-order valence-electron chi connectivity index (χ1n) is 5.72. The molecule has 2 rings (SSSR count). The first-order valence-corrected chi connectivity index (χ1v) is 8.07. The van der Waals surface area contributed by atoms with E-state index in [4.69, 9.17) is 17.3 Å². The Morgan fingerprint density at radius 3 is 2.53 bits per heavy atom. The molecule has 1 nitrogen and oxygen atoms in total. The average Bonchev–Trinajstić information content (AvgIpc) is 2.40. The molecular formula is C14H13ClFNS2. The van der Waals surface area contributed by atoms with Crippen LogP contribution in [0.3, 0.4) is 0 Å². The van der Waals surface area contributed by atoms with E-state index in [1.807, 2.05) is 18.2 Å². The number of hydrogen-bond donors (Lipinski definition) is 1.